The molecule has 24 heavy (non-hydrogen) atoms. The smallest absolute Gasteiger partial charge is 0.0690 e. The zero-order valence-corrected chi connectivity index (χ0v) is 18.3. The molecule has 0 aromatic rings. The van der Waals surface area contributed by atoms with E-state index in [-0.39, 0.29) is 0 Å². The molecule has 0 spiro atoms. The molecule has 1 nitrogen and oxygen atoms in total. The van der Waals surface area contributed by atoms with E-state index in [4.69, 9.17) is 0 Å². The van der Waals surface area contributed by atoms with E-state index in [9.17, 15) is 0 Å². The normalized spacial score (nSPS) is 9.67. The van der Waals surface area contributed by atoms with Gasteiger partial charge in [-0.05, 0) is 52.7 Å². The standard InChI is InChI=1S/C17H27N.C4H10.C2H6/c1-9-10-15(8)11-16(12(2)3)17(13(4)5)18-14(6)7;1-3-4-2;1-2/h11H,2,8-10H2,1,3-7H3;3-4H2,1-2H3;1-2H3/b16-11-;;. The van der Waals surface area contributed by atoms with Crippen molar-refractivity contribution in [3.63, 3.8) is 0 Å². The fourth-order valence-electron chi connectivity index (χ4n) is 1.66. The molecule has 0 atom stereocenters. The summed E-state index contributed by atoms with van der Waals surface area (Å²) in [5.41, 5.74) is 6.57. The maximum Gasteiger partial charge on any atom is 0.0690 e. The van der Waals surface area contributed by atoms with Crippen molar-refractivity contribution in [2.75, 3.05) is 0 Å². The van der Waals surface area contributed by atoms with Crippen LogP contribution in [0, 0.1) is 0 Å². The number of unbranched alkanes of at least 4 members (excludes halogenated alkanes) is 1. The van der Waals surface area contributed by atoms with Crippen LogP contribution in [0.2, 0.25) is 0 Å². The molecule has 0 rings (SSSR count). The van der Waals surface area contributed by atoms with Crippen LogP contribution in [0.4, 0.5) is 0 Å². The highest BCUT2D eigenvalue weighted by atomic mass is 14.8. The van der Waals surface area contributed by atoms with Gasteiger partial charge in [0, 0.05) is 11.3 Å². The first-order valence-corrected chi connectivity index (χ1v) is 9.46. The van der Waals surface area contributed by atoms with E-state index >= 15 is 0 Å². The Morgan fingerprint density at radius 3 is 1.54 bits per heavy atom. The zero-order chi connectivity index (χ0) is 19.7. The minimum atomic E-state index is 1.02. The molecule has 0 amide bonds. The quantitative estimate of drug-likeness (QED) is 0.327. The second-order valence-corrected chi connectivity index (χ2v) is 6.15. The van der Waals surface area contributed by atoms with Gasteiger partial charge >= 0.3 is 0 Å². The van der Waals surface area contributed by atoms with Gasteiger partial charge in [-0.1, -0.05) is 78.2 Å². The minimum absolute atomic E-state index is 1.02. The maximum atomic E-state index is 4.64. The van der Waals surface area contributed by atoms with Crippen molar-refractivity contribution in [3.8, 4) is 0 Å². The molecule has 0 aliphatic heterocycles. The molecule has 0 heterocycles. The number of aliphatic imine (C=N–C) groups is 1. The number of rotatable bonds is 7. The van der Waals surface area contributed by atoms with E-state index in [1.54, 1.807) is 0 Å². The summed E-state index contributed by atoms with van der Waals surface area (Å²) < 4.78 is 0. The van der Waals surface area contributed by atoms with Crippen LogP contribution in [0.5, 0.6) is 0 Å². The molecular weight excluding hydrogens is 290 g/mol. The van der Waals surface area contributed by atoms with Crippen LogP contribution in [0.3, 0.4) is 0 Å². The van der Waals surface area contributed by atoms with Crippen LogP contribution in [0.25, 0.3) is 0 Å². The van der Waals surface area contributed by atoms with Crippen LogP contribution in [-0.4, -0.2) is 5.71 Å². The van der Waals surface area contributed by atoms with Gasteiger partial charge in [0.1, 0.15) is 0 Å². The van der Waals surface area contributed by atoms with Gasteiger partial charge in [0.2, 0.25) is 0 Å². The first kappa shape index (κ1) is 27.5. The van der Waals surface area contributed by atoms with E-state index in [2.05, 4.69) is 58.8 Å². The van der Waals surface area contributed by atoms with Gasteiger partial charge in [0.15, 0.2) is 0 Å². The Morgan fingerprint density at radius 1 is 0.833 bits per heavy atom. The lowest BCUT2D eigenvalue weighted by Gasteiger charge is -2.12. The molecule has 0 aliphatic carbocycles. The third-order valence-electron chi connectivity index (χ3n) is 2.94. The second kappa shape index (κ2) is 18.0. The molecule has 0 saturated carbocycles. The summed E-state index contributed by atoms with van der Waals surface area (Å²) in [6, 6.07) is 0. The van der Waals surface area contributed by atoms with E-state index in [0.29, 0.717) is 0 Å². The number of allylic oxidation sites excluding steroid dienone is 4. The number of hydrogen-bond donors (Lipinski definition) is 0. The van der Waals surface area contributed by atoms with Crippen LogP contribution < -0.4 is 0 Å². The van der Waals surface area contributed by atoms with Crippen LogP contribution in [-0.2, 0) is 0 Å². The summed E-state index contributed by atoms with van der Waals surface area (Å²) in [7, 11) is 0. The van der Waals surface area contributed by atoms with E-state index in [0.717, 1.165) is 41.0 Å². The van der Waals surface area contributed by atoms with Crippen molar-refractivity contribution >= 4 is 5.71 Å². The van der Waals surface area contributed by atoms with Crippen molar-refractivity contribution in [3.05, 3.63) is 47.2 Å². The first-order chi connectivity index (χ1) is 11.2. The largest absolute Gasteiger partial charge is 0.258 e. The summed E-state index contributed by atoms with van der Waals surface area (Å²) in [5, 5.41) is 0. The summed E-state index contributed by atoms with van der Waals surface area (Å²) in [6.45, 7) is 28.9. The molecule has 0 unspecified atom stereocenters. The Balaban J connectivity index is -0.000000636. The summed E-state index contributed by atoms with van der Waals surface area (Å²) in [5.74, 6) is 0. The molecule has 0 aromatic heterocycles. The van der Waals surface area contributed by atoms with Crippen LogP contribution in [0.15, 0.2) is 52.2 Å². The van der Waals surface area contributed by atoms with Crippen molar-refractivity contribution in [2.45, 2.75) is 94.9 Å². The molecule has 1 heteroatoms. The van der Waals surface area contributed by atoms with E-state index in [1.807, 2.05) is 34.6 Å². The molecular formula is C23H43N. The van der Waals surface area contributed by atoms with Crippen LogP contribution in [0.1, 0.15) is 94.9 Å². The Labute approximate surface area is 153 Å². The average molecular weight is 334 g/mol. The Kier molecular flexibility index (Phi) is 20.6. The lowest BCUT2D eigenvalue weighted by molar-refractivity contribution is 0.886. The van der Waals surface area contributed by atoms with Crippen molar-refractivity contribution in [1.29, 1.82) is 0 Å². The third-order valence-corrected chi connectivity index (χ3v) is 2.94. The minimum Gasteiger partial charge on any atom is -0.258 e. The fourth-order valence-corrected chi connectivity index (χ4v) is 1.66. The molecule has 0 saturated heterocycles. The van der Waals surface area contributed by atoms with Crippen molar-refractivity contribution < 1.29 is 0 Å². The monoisotopic (exact) mass is 333 g/mol. The van der Waals surface area contributed by atoms with Crippen molar-refractivity contribution in [1.82, 2.24) is 0 Å². The van der Waals surface area contributed by atoms with Gasteiger partial charge in [-0.2, -0.15) is 0 Å². The predicted molar refractivity (Wildman–Crippen MR) is 116 cm³/mol. The topological polar surface area (TPSA) is 12.4 Å². The lowest BCUT2D eigenvalue weighted by atomic mass is 9.98. The van der Waals surface area contributed by atoms with Gasteiger partial charge in [-0.25, -0.2) is 0 Å². The maximum absolute atomic E-state index is 4.64. The molecule has 0 aromatic carbocycles. The van der Waals surface area contributed by atoms with Gasteiger partial charge in [0.25, 0.3) is 0 Å². The Bertz CT molecular complexity index is 435. The summed E-state index contributed by atoms with van der Waals surface area (Å²) in [4.78, 5) is 4.64. The highest BCUT2D eigenvalue weighted by Crippen LogP contribution is 2.25. The molecule has 0 aliphatic rings. The lowest BCUT2D eigenvalue weighted by Crippen LogP contribution is -1.96. The Hall–Kier alpha value is -1.37. The van der Waals surface area contributed by atoms with E-state index in [1.165, 1.54) is 18.4 Å². The number of hydrogen-bond acceptors (Lipinski definition) is 1. The second-order valence-electron chi connectivity index (χ2n) is 6.15. The zero-order valence-electron chi connectivity index (χ0n) is 18.3. The molecule has 140 valence electrons. The predicted octanol–water partition coefficient (Wildman–Crippen LogP) is 8.45. The fraction of sp³-hybridized carbons (Fsp3) is 0.609. The molecule has 0 fully saturated rings. The van der Waals surface area contributed by atoms with E-state index < -0.39 is 0 Å². The molecule has 0 radical (unpaired) electrons. The average Bonchev–Trinajstić information content (AvgIpc) is 2.52. The highest BCUT2D eigenvalue weighted by Gasteiger charge is 2.08. The van der Waals surface area contributed by atoms with Gasteiger partial charge < -0.3 is 0 Å². The molecule has 0 bridgehead atoms. The Morgan fingerprint density at radius 2 is 1.29 bits per heavy atom. The van der Waals surface area contributed by atoms with Crippen molar-refractivity contribution in [2.24, 2.45) is 4.99 Å². The SMILES string of the molecule is C=C(/C=C(/C(=C)C)C(N=C(C)C)=C(C)C)CCC.CC.CCCC. The number of nitrogens with zero attached hydrogens (tertiary/aromatic N) is 1. The van der Waals surface area contributed by atoms with Gasteiger partial charge in [-0.3, -0.25) is 4.99 Å². The highest BCUT2D eigenvalue weighted by molar-refractivity contribution is 5.81. The summed E-state index contributed by atoms with van der Waals surface area (Å²) in [6.07, 6.45) is 6.89. The van der Waals surface area contributed by atoms with Gasteiger partial charge in [0.05, 0.1) is 5.70 Å². The third kappa shape index (κ3) is 15.5. The van der Waals surface area contributed by atoms with Gasteiger partial charge in [-0.15, -0.1) is 0 Å². The summed E-state index contributed by atoms with van der Waals surface area (Å²) >= 11 is 0. The van der Waals surface area contributed by atoms with Crippen LogP contribution >= 0.6 is 0 Å². The first-order valence-electron chi connectivity index (χ1n) is 9.46. The molecule has 0 N–H and O–H groups in total.